The van der Waals surface area contributed by atoms with Crippen LogP contribution in [-0.2, 0) is 0 Å². The molecule has 4 atom stereocenters. The molecule has 1 aliphatic carbocycles. The van der Waals surface area contributed by atoms with Gasteiger partial charge in [0, 0.05) is 18.1 Å². The second kappa shape index (κ2) is 7.76. The summed E-state index contributed by atoms with van der Waals surface area (Å²) in [5.41, 5.74) is 0. The quantitative estimate of drug-likeness (QED) is 0.695. The average Bonchev–Trinajstić information content (AvgIpc) is 2.99. The summed E-state index contributed by atoms with van der Waals surface area (Å²) in [6.07, 6.45) is 8.37. The molecule has 0 aromatic carbocycles. The molecule has 2 fully saturated rings. The minimum absolute atomic E-state index is 0.691. The molecule has 1 saturated heterocycles. The number of hydrogen-bond donors (Lipinski definition) is 2. The Morgan fingerprint density at radius 1 is 1.28 bits per heavy atom. The summed E-state index contributed by atoms with van der Waals surface area (Å²) in [6.45, 7) is 5.87. The molecule has 1 saturated carbocycles. The lowest BCUT2D eigenvalue weighted by Gasteiger charge is -2.29. The van der Waals surface area contributed by atoms with Gasteiger partial charge in [0.25, 0.3) is 0 Å². The topological polar surface area (TPSA) is 24.1 Å². The van der Waals surface area contributed by atoms with Gasteiger partial charge in [0.1, 0.15) is 0 Å². The molecule has 2 nitrogen and oxygen atoms in total. The first-order valence-corrected chi connectivity index (χ1v) is 9.04. The Labute approximate surface area is 117 Å². The van der Waals surface area contributed by atoms with Crippen LogP contribution in [0.1, 0.15) is 52.4 Å². The van der Waals surface area contributed by atoms with Crippen LogP contribution in [0.5, 0.6) is 0 Å². The predicted octanol–water partition coefficient (Wildman–Crippen LogP) is 3.03. The van der Waals surface area contributed by atoms with Gasteiger partial charge in [0.05, 0.1) is 0 Å². The van der Waals surface area contributed by atoms with E-state index in [2.05, 4.69) is 36.2 Å². The molecule has 0 bridgehead atoms. The van der Waals surface area contributed by atoms with Crippen LogP contribution in [0.2, 0.25) is 0 Å². The second-order valence-corrected chi connectivity index (χ2v) is 7.35. The minimum atomic E-state index is 0.691. The predicted molar refractivity (Wildman–Crippen MR) is 82.4 cm³/mol. The van der Waals surface area contributed by atoms with Crippen molar-refractivity contribution in [1.29, 1.82) is 0 Å². The van der Waals surface area contributed by atoms with E-state index in [9.17, 15) is 0 Å². The van der Waals surface area contributed by atoms with E-state index < -0.39 is 0 Å². The molecule has 2 aliphatic rings. The fourth-order valence-electron chi connectivity index (χ4n) is 3.61. The molecule has 18 heavy (non-hydrogen) atoms. The Morgan fingerprint density at radius 3 is 2.89 bits per heavy atom. The van der Waals surface area contributed by atoms with E-state index in [1.807, 2.05) is 0 Å². The first-order valence-electron chi connectivity index (χ1n) is 7.88. The Bertz CT molecular complexity index is 229. The molecule has 1 heterocycles. The highest BCUT2D eigenvalue weighted by atomic mass is 32.2. The molecule has 0 radical (unpaired) electrons. The Balaban J connectivity index is 1.73. The maximum Gasteiger partial charge on any atom is 0.0113 e. The SMILES string of the molecule is CCSCCC(C)NC1CCCC1C1CCCN1. The molecule has 0 amide bonds. The zero-order chi connectivity index (χ0) is 12.8. The van der Waals surface area contributed by atoms with E-state index in [0.29, 0.717) is 6.04 Å². The Hall–Kier alpha value is 0.270. The lowest BCUT2D eigenvalue weighted by Crippen LogP contribution is -2.45. The van der Waals surface area contributed by atoms with Gasteiger partial charge in [-0.25, -0.2) is 0 Å². The van der Waals surface area contributed by atoms with E-state index in [1.54, 1.807) is 0 Å². The van der Waals surface area contributed by atoms with Crippen molar-refractivity contribution in [3.63, 3.8) is 0 Å². The summed E-state index contributed by atoms with van der Waals surface area (Å²) in [5.74, 6) is 3.46. The van der Waals surface area contributed by atoms with Gasteiger partial charge in [-0.05, 0) is 63.0 Å². The van der Waals surface area contributed by atoms with Crippen LogP contribution in [0.25, 0.3) is 0 Å². The molecule has 1 aliphatic heterocycles. The van der Waals surface area contributed by atoms with Crippen LogP contribution in [0.3, 0.4) is 0 Å². The van der Waals surface area contributed by atoms with Gasteiger partial charge in [-0.2, -0.15) is 11.8 Å². The highest BCUT2D eigenvalue weighted by Gasteiger charge is 2.35. The monoisotopic (exact) mass is 270 g/mol. The van der Waals surface area contributed by atoms with E-state index in [1.165, 1.54) is 56.6 Å². The normalized spacial score (nSPS) is 34.0. The van der Waals surface area contributed by atoms with E-state index in [4.69, 9.17) is 0 Å². The molecular weight excluding hydrogens is 240 g/mol. The molecule has 2 rings (SSSR count). The van der Waals surface area contributed by atoms with Crippen molar-refractivity contribution in [3.8, 4) is 0 Å². The largest absolute Gasteiger partial charge is 0.314 e. The lowest BCUT2D eigenvalue weighted by atomic mass is 9.92. The number of rotatable bonds is 7. The van der Waals surface area contributed by atoms with E-state index in [0.717, 1.165) is 18.0 Å². The van der Waals surface area contributed by atoms with Gasteiger partial charge in [-0.15, -0.1) is 0 Å². The molecule has 2 N–H and O–H groups in total. The van der Waals surface area contributed by atoms with Crippen LogP contribution in [0.15, 0.2) is 0 Å². The van der Waals surface area contributed by atoms with Gasteiger partial charge >= 0.3 is 0 Å². The van der Waals surface area contributed by atoms with E-state index in [-0.39, 0.29) is 0 Å². The minimum Gasteiger partial charge on any atom is -0.314 e. The third-order valence-corrected chi connectivity index (χ3v) is 5.52. The molecule has 0 aromatic rings. The summed E-state index contributed by atoms with van der Waals surface area (Å²) in [6, 6.07) is 2.28. The van der Waals surface area contributed by atoms with Gasteiger partial charge < -0.3 is 10.6 Å². The Kier molecular flexibility index (Phi) is 6.33. The van der Waals surface area contributed by atoms with Crippen LogP contribution in [-0.4, -0.2) is 36.2 Å². The van der Waals surface area contributed by atoms with Gasteiger partial charge in [0.15, 0.2) is 0 Å². The van der Waals surface area contributed by atoms with Crippen molar-refractivity contribution in [2.75, 3.05) is 18.1 Å². The fourth-order valence-corrected chi connectivity index (χ4v) is 4.42. The Morgan fingerprint density at radius 2 is 2.17 bits per heavy atom. The van der Waals surface area contributed by atoms with Crippen LogP contribution in [0, 0.1) is 5.92 Å². The third kappa shape index (κ3) is 4.14. The molecule has 4 unspecified atom stereocenters. The van der Waals surface area contributed by atoms with Crippen LogP contribution in [0.4, 0.5) is 0 Å². The summed E-state index contributed by atoms with van der Waals surface area (Å²) < 4.78 is 0. The molecule has 3 heteroatoms. The van der Waals surface area contributed by atoms with Crippen molar-refractivity contribution < 1.29 is 0 Å². The third-order valence-electron chi connectivity index (χ3n) is 4.58. The average molecular weight is 270 g/mol. The van der Waals surface area contributed by atoms with Gasteiger partial charge in [-0.1, -0.05) is 13.3 Å². The summed E-state index contributed by atoms with van der Waals surface area (Å²) in [5, 5.41) is 7.62. The van der Waals surface area contributed by atoms with Crippen LogP contribution < -0.4 is 10.6 Å². The van der Waals surface area contributed by atoms with Crippen molar-refractivity contribution in [3.05, 3.63) is 0 Å². The summed E-state index contributed by atoms with van der Waals surface area (Å²) in [7, 11) is 0. The van der Waals surface area contributed by atoms with Crippen molar-refractivity contribution in [2.24, 2.45) is 5.92 Å². The number of hydrogen-bond acceptors (Lipinski definition) is 3. The molecule has 106 valence electrons. The standard InChI is InChI=1S/C15H30N2S/c1-3-18-11-9-12(2)17-15-7-4-6-13(15)14-8-5-10-16-14/h12-17H,3-11H2,1-2H3. The fraction of sp³-hybridized carbons (Fsp3) is 1.00. The maximum absolute atomic E-state index is 3.91. The van der Waals surface area contributed by atoms with Crippen molar-refractivity contribution in [1.82, 2.24) is 10.6 Å². The maximum atomic E-state index is 3.91. The molecule has 0 aromatic heterocycles. The highest BCUT2D eigenvalue weighted by molar-refractivity contribution is 7.99. The van der Waals surface area contributed by atoms with Gasteiger partial charge in [0.2, 0.25) is 0 Å². The van der Waals surface area contributed by atoms with Crippen molar-refractivity contribution >= 4 is 11.8 Å². The highest BCUT2D eigenvalue weighted by Crippen LogP contribution is 2.32. The summed E-state index contributed by atoms with van der Waals surface area (Å²) >= 11 is 2.07. The number of thioether (sulfide) groups is 1. The van der Waals surface area contributed by atoms with Gasteiger partial charge in [-0.3, -0.25) is 0 Å². The number of nitrogens with one attached hydrogen (secondary N) is 2. The molecule has 0 spiro atoms. The van der Waals surface area contributed by atoms with Crippen molar-refractivity contribution in [2.45, 2.75) is 70.5 Å². The lowest BCUT2D eigenvalue weighted by molar-refractivity contribution is 0.300. The first kappa shape index (κ1) is 14.7. The van der Waals surface area contributed by atoms with Crippen LogP contribution >= 0.6 is 11.8 Å². The smallest absolute Gasteiger partial charge is 0.0113 e. The summed E-state index contributed by atoms with van der Waals surface area (Å²) in [4.78, 5) is 0. The zero-order valence-corrected chi connectivity index (χ0v) is 12.9. The first-order chi connectivity index (χ1) is 8.81. The van der Waals surface area contributed by atoms with E-state index >= 15 is 0 Å². The molecular formula is C15H30N2S. The second-order valence-electron chi connectivity index (χ2n) is 5.96. The zero-order valence-electron chi connectivity index (χ0n) is 12.1.